The third-order valence-electron chi connectivity index (χ3n) is 2.13. The molecule has 4 heteroatoms. The number of benzene rings is 1. The van der Waals surface area contributed by atoms with Crippen LogP contribution in [0.4, 0.5) is 5.69 Å². The van der Waals surface area contributed by atoms with Crippen LogP contribution >= 0.6 is 0 Å². The smallest absolute Gasteiger partial charge is 0.338 e. The summed E-state index contributed by atoms with van der Waals surface area (Å²) in [7, 11) is 0. The van der Waals surface area contributed by atoms with Crippen LogP contribution in [0.2, 0.25) is 0 Å². The summed E-state index contributed by atoms with van der Waals surface area (Å²) in [5.74, 6) is -0.330. The molecule has 0 aliphatic rings. The number of nitrogens with zero attached hydrogens (tertiary/aromatic N) is 1. The third-order valence-corrected chi connectivity index (χ3v) is 2.13. The SMILES string of the molecule is [C-]#[N+]C(C)(C)Nc1ccc(C(=O)OCC)cc1. The number of rotatable bonds is 4. The second-order valence-electron chi connectivity index (χ2n) is 4.09. The summed E-state index contributed by atoms with van der Waals surface area (Å²) in [5.41, 5.74) is 0.669. The molecule has 0 heterocycles. The van der Waals surface area contributed by atoms with Crippen molar-refractivity contribution < 1.29 is 9.53 Å². The minimum absolute atomic E-state index is 0.330. The Labute approximate surface area is 101 Å². The number of esters is 1. The summed E-state index contributed by atoms with van der Waals surface area (Å²) >= 11 is 0. The van der Waals surface area contributed by atoms with E-state index in [1.165, 1.54) is 0 Å². The predicted molar refractivity (Wildman–Crippen MR) is 66.7 cm³/mol. The molecule has 0 spiro atoms. The van der Waals surface area contributed by atoms with Gasteiger partial charge in [-0.2, -0.15) is 0 Å². The zero-order valence-corrected chi connectivity index (χ0v) is 10.3. The van der Waals surface area contributed by atoms with Gasteiger partial charge in [0.1, 0.15) is 0 Å². The zero-order valence-electron chi connectivity index (χ0n) is 10.3. The van der Waals surface area contributed by atoms with Gasteiger partial charge in [-0.25, -0.2) is 11.4 Å². The van der Waals surface area contributed by atoms with Crippen molar-refractivity contribution >= 4 is 11.7 Å². The van der Waals surface area contributed by atoms with E-state index < -0.39 is 5.66 Å². The lowest BCUT2D eigenvalue weighted by Crippen LogP contribution is -2.25. The van der Waals surface area contributed by atoms with Gasteiger partial charge in [-0.05, 0) is 31.2 Å². The van der Waals surface area contributed by atoms with E-state index >= 15 is 0 Å². The molecule has 0 atom stereocenters. The molecule has 0 saturated heterocycles. The van der Waals surface area contributed by atoms with Gasteiger partial charge in [0.05, 0.1) is 12.2 Å². The highest BCUT2D eigenvalue weighted by Gasteiger charge is 2.21. The summed E-state index contributed by atoms with van der Waals surface area (Å²) in [4.78, 5) is 14.9. The minimum atomic E-state index is -0.647. The lowest BCUT2D eigenvalue weighted by Gasteiger charge is -2.14. The maximum absolute atomic E-state index is 11.4. The van der Waals surface area contributed by atoms with Gasteiger partial charge in [0.2, 0.25) is 0 Å². The first-order valence-corrected chi connectivity index (χ1v) is 5.42. The lowest BCUT2D eigenvalue weighted by molar-refractivity contribution is 0.0526. The number of ether oxygens (including phenoxy) is 1. The first-order valence-electron chi connectivity index (χ1n) is 5.42. The number of hydrogen-bond donors (Lipinski definition) is 1. The third kappa shape index (κ3) is 3.80. The number of anilines is 1. The lowest BCUT2D eigenvalue weighted by atomic mass is 10.2. The van der Waals surface area contributed by atoms with E-state index in [0.717, 1.165) is 5.69 Å². The fraction of sp³-hybridized carbons (Fsp3) is 0.385. The van der Waals surface area contributed by atoms with Gasteiger partial charge in [-0.15, -0.1) is 0 Å². The molecule has 17 heavy (non-hydrogen) atoms. The monoisotopic (exact) mass is 232 g/mol. The van der Waals surface area contributed by atoms with E-state index in [1.807, 2.05) is 0 Å². The highest BCUT2D eigenvalue weighted by atomic mass is 16.5. The van der Waals surface area contributed by atoms with Gasteiger partial charge in [-0.1, -0.05) is 0 Å². The molecule has 0 aliphatic heterocycles. The highest BCUT2D eigenvalue weighted by molar-refractivity contribution is 5.89. The Hall–Kier alpha value is -2.02. The molecular formula is C13H16N2O2. The Morgan fingerprint density at radius 1 is 1.41 bits per heavy atom. The van der Waals surface area contributed by atoms with Crippen LogP contribution < -0.4 is 5.32 Å². The molecule has 0 aromatic heterocycles. The molecule has 0 amide bonds. The van der Waals surface area contributed by atoms with Crippen LogP contribution in [0.25, 0.3) is 4.85 Å². The standard InChI is InChI=1S/C13H16N2O2/c1-5-17-12(16)10-6-8-11(9-7-10)15-13(2,3)14-4/h6-9,15H,5H2,1-3H3. The topological polar surface area (TPSA) is 42.7 Å². The number of hydrogen-bond acceptors (Lipinski definition) is 3. The van der Waals surface area contributed by atoms with Crippen LogP contribution in [0.3, 0.4) is 0 Å². The van der Waals surface area contributed by atoms with Gasteiger partial charge in [0.25, 0.3) is 5.66 Å². The number of carbonyl (C=O) groups is 1. The molecule has 1 N–H and O–H groups in total. The van der Waals surface area contributed by atoms with Crippen LogP contribution in [0.1, 0.15) is 31.1 Å². The van der Waals surface area contributed by atoms with Crippen molar-refractivity contribution in [3.63, 3.8) is 0 Å². The normalized spacial score (nSPS) is 10.5. The second-order valence-corrected chi connectivity index (χ2v) is 4.09. The van der Waals surface area contributed by atoms with E-state index in [-0.39, 0.29) is 5.97 Å². The van der Waals surface area contributed by atoms with Crippen LogP contribution in [0, 0.1) is 6.57 Å². The molecule has 0 aliphatic carbocycles. The van der Waals surface area contributed by atoms with Crippen LogP contribution in [-0.2, 0) is 4.74 Å². The Morgan fingerprint density at radius 3 is 2.47 bits per heavy atom. The van der Waals surface area contributed by atoms with Gasteiger partial charge in [0.15, 0.2) is 0 Å². The van der Waals surface area contributed by atoms with E-state index in [4.69, 9.17) is 11.3 Å². The van der Waals surface area contributed by atoms with Gasteiger partial charge in [0, 0.05) is 19.5 Å². The maximum Gasteiger partial charge on any atom is 0.338 e. The largest absolute Gasteiger partial charge is 0.462 e. The summed E-state index contributed by atoms with van der Waals surface area (Å²) in [6.07, 6.45) is 0. The molecule has 4 nitrogen and oxygen atoms in total. The van der Waals surface area contributed by atoms with E-state index in [1.54, 1.807) is 45.0 Å². The summed E-state index contributed by atoms with van der Waals surface area (Å²) in [5, 5.41) is 3.06. The Kier molecular flexibility index (Phi) is 4.11. The molecule has 90 valence electrons. The molecule has 0 saturated carbocycles. The van der Waals surface area contributed by atoms with Gasteiger partial charge < -0.3 is 10.1 Å². The molecule has 0 bridgehead atoms. The average molecular weight is 232 g/mol. The highest BCUT2D eigenvalue weighted by Crippen LogP contribution is 2.17. The number of carbonyl (C=O) groups excluding carboxylic acids is 1. The average Bonchev–Trinajstić information content (AvgIpc) is 2.30. The fourth-order valence-corrected chi connectivity index (χ4v) is 1.29. The van der Waals surface area contributed by atoms with Crippen molar-refractivity contribution in [1.29, 1.82) is 0 Å². The minimum Gasteiger partial charge on any atom is -0.462 e. The Balaban J connectivity index is 2.76. The van der Waals surface area contributed by atoms with Crippen molar-refractivity contribution in [2.45, 2.75) is 26.4 Å². The van der Waals surface area contributed by atoms with Crippen molar-refractivity contribution in [1.82, 2.24) is 0 Å². The van der Waals surface area contributed by atoms with Crippen molar-refractivity contribution in [3.05, 3.63) is 41.2 Å². The van der Waals surface area contributed by atoms with Crippen LogP contribution in [-0.4, -0.2) is 18.2 Å². The molecule has 1 rings (SSSR count). The summed E-state index contributed by atoms with van der Waals surface area (Å²) in [6.45, 7) is 12.7. The van der Waals surface area contributed by atoms with E-state index in [0.29, 0.717) is 12.2 Å². The molecule has 0 fully saturated rings. The van der Waals surface area contributed by atoms with E-state index in [9.17, 15) is 4.79 Å². The predicted octanol–water partition coefficient (Wildman–Crippen LogP) is 2.93. The molecular weight excluding hydrogens is 216 g/mol. The number of nitrogens with one attached hydrogen (secondary N) is 1. The zero-order chi connectivity index (χ0) is 12.9. The second kappa shape index (κ2) is 5.35. The maximum atomic E-state index is 11.4. The first-order chi connectivity index (χ1) is 7.98. The summed E-state index contributed by atoms with van der Waals surface area (Å²) in [6, 6.07) is 6.89. The van der Waals surface area contributed by atoms with Crippen molar-refractivity contribution in [2.24, 2.45) is 0 Å². The van der Waals surface area contributed by atoms with Crippen molar-refractivity contribution in [3.8, 4) is 0 Å². The van der Waals surface area contributed by atoms with Crippen LogP contribution in [0.15, 0.2) is 24.3 Å². The molecule has 1 aromatic rings. The first kappa shape index (κ1) is 13.0. The van der Waals surface area contributed by atoms with Crippen molar-refractivity contribution in [2.75, 3.05) is 11.9 Å². The fourth-order valence-electron chi connectivity index (χ4n) is 1.29. The van der Waals surface area contributed by atoms with Gasteiger partial charge >= 0.3 is 5.97 Å². The Bertz CT molecular complexity index is 430. The van der Waals surface area contributed by atoms with Gasteiger partial charge in [-0.3, -0.25) is 4.85 Å². The quantitative estimate of drug-likeness (QED) is 0.641. The molecule has 0 radical (unpaired) electrons. The van der Waals surface area contributed by atoms with Crippen LogP contribution in [0.5, 0.6) is 0 Å². The molecule has 1 aromatic carbocycles. The van der Waals surface area contributed by atoms with E-state index in [2.05, 4.69) is 10.2 Å². The molecule has 0 unspecified atom stereocenters. The summed E-state index contributed by atoms with van der Waals surface area (Å²) < 4.78 is 4.88. The Morgan fingerprint density at radius 2 is 2.00 bits per heavy atom.